The van der Waals surface area contributed by atoms with Gasteiger partial charge in [-0.05, 0) is 16.8 Å². The predicted molar refractivity (Wildman–Crippen MR) is 83.5 cm³/mol. The summed E-state index contributed by atoms with van der Waals surface area (Å²) in [6.07, 6.45) is 5.20. The molecule has 0 aliphatic rings. The smallest absolute Gasteiger partial charge is 0.195 e. The van der Waals surface area contributed by atoms with Gasteiger partial charge in [-0.15, -0.1) is 0 Å². The van der Waals surface area contributed by atoms with Gasteiger partial charge < -0.3 is 4.98 Å². The van der Waals surface area contributed by atoms with Crippen molar-refractivity contribution in [2.24, 2.45) is 0 Å². The van der Waals surface area contributed by atoms with Crippen molar-refractivity contribution in [3.05, 3.63) is 78.2 Å². The topological polar surface area (TPSA) is 45.8 Å². The van der Waals surface area contributed by atoms with Crippen molar-refractivity contribution >= 4 is 27.5 Å². The molecule has 0 amide bonds. The van der Waals surface area contributed by atoms with E-state index in [-0.39, 0.29) is 5.78 Å². The second-order valence-corrected chi connectivity index (χ2v) is 4.98. The van der Waals surface area contributed by atoms with Crippen LogP contribution in [0.3, 0.4) is 0 Å². The highest BCUT2D eigenvalue weighted by molar-refractivity contribution is 6.21. The first-order valence-corrected chi connectivity index (χ1v) is 6.78. The maximum atomic E-state index is 12.9. The third-order valence-electron chi connectivity index (χ3n) is 3.76. The number of carbonyl (C=O) groups excluding carboxylic acids is 1. The fourth-order valence-electron chi connectivity index (χ4n) is 2.73. The highest BCUT2D eigenvalue weighted by atomic mass is 16.1. The first kappa shape index (κ1) is 11.9. The minimum Gasteiger partial charge on any atom is -0.359 e. The molecule has 0 spiro atoms. The van der Waals surface area contributed by atoms with Crippen molar-refractivity contribution in [3.8, 4) is 0 Å². The SMILES string of the molecule is O=C(c1cccc2ccccc12)c1c[nH]c2cnccc12. The zero-order valence-electron chi connectivity index (χ0n) is 11.2. The van der Waals surface area contributed by atoms with Crippen LogP contribution in [-0.4, -0.2) is 15.8 Å². The lowest BCUT2D eigenvalue weighted by Gasteiger charge is -2.05. The highest BCUT2D eigenvalue weighted by Gasteiger charge is 2.16. The quantitative estimate of drug-likeness (QED) is 0.562. The van der Waals surface area contributed by atoms with Crippen molar-refractivity contribution in [2.45, 2.75) is 0 Å². The minimum atomic E-state index is 0.0317. The normalized spacial score (nSPS) is 11.0. The first-order chi connectivity index (χ1) is 10.3. The molecule has 0 aliphatic carbocycles. The second-order valence-electron chi connectivity index (χ2n) is 4.98. The number of hydrogen-bond acceptors (Lipinski definition) is 2. The molecule has 0 saturated carbocycles. The van der Waals surface area contributed by atoms with Gasteiger partial charge in [-0.3, -0.25) is 9.78 Å². The second kappa shape index (κ2) is 4.56. The molecule has 0 unspecified atom stereocenters. The fourth-order valence-corrected chi connectivity index (χ4v) is 2.73. The van der Waals surface area contributed by atoms with Crippen LogP contribution < -0.4 is 0 Å². The molecular formula is C18H12N2O. The van der Waals surface area contributed by atoms with Gasteiger partial charge in [0.1, 0.15) is 0 Å². The van der Waals surface area contributed by atoms with Crippen LogP contribution in [0.1, 0.15) is 15.9 Å². The summed E-state index contributed by atoms with van der Waals surface area (Å²) in [5.41, 5.74) is 2.29. The molecule has 0 fully saturated rings. The first-order valence-electron chi connectivity index (χ1n) is 6.78. The average molecular weight is 272 g/mol. The van der Waals surface area contributed by atoms with Crippen LogP contribution in [0.15, 0.2) is 67.1 Å². The average Bonchev–Trinajstić information content (AvgIpc) is 2.98. The van der Waals surface area contributed by atoms with Crippen molar-refractivity contribution in [2.75, 3.05) is 0 Å². The summed E-state index contributed by atoms with van der Waals surface area (Å²) in [4.78, 5) is 20.1. The van der Waals surface area contributed by atoms with E-state index in [1.807, 2.05) is 48.5 Å². The number of pyridine rings is 1. The lowest BCUT2D eigenvalue weighted by atomic mass is 9.97. The van der Waals surface area contributed by atoms with E-state index in [0.29, 0.717) is 5.56 Å². The maximum absolute atomic E-state index is 12.9. The van der Waals surface area contributed by atoms with Crippen LogP contribution in [0.2, 0.25) is 0 Å². The number of hydrogen-bond donors (Lipinski definition) is 1. The summed E-state index contributed by atoms with van der Waals surface area (Å²) in [6, 6.07) is 15.6. The molecule has 100 valence electrons. The van der Waals surface area contributed by atoms with Gasteiger partial charge in [-0.1, -0.05) is 42.5 Å². The molecular weight excluding hydrogens is 260 g/mol. The zero-order chi connectivity index (χ0) is 14.2. The molecule has 3 heteroatoms. The molecule has 1 N–H and O–H groups in total. The molecule has 2 aromatic heterocycles. The van der Waals surface area contributed by atoms with Crippen LogP contribution >= 0.6 is 0 Å². The van der Waals surface area contributed by atoms with Crippen LogP contribution in [0.25, 0.3) is 21.7 Å². The van der Waals surface area contributed by atoms with E-state index < -0.39 is 0 Å². The number of aromatic amines is 1. The molecule has 4 aromatic rings. The molecule has 21 heavy (non-hydrogen) atoms. The number of rotatable bonds is 2. The van der Waals surface area contributed by atoms with Gasteiger partial charge in [0.25, 0.3) is 0 Å². The molecule has 2 aromatic carbocycles. The Hall–Kier alpha value is -2.94. The van der Waals surface area contributed by atoms with E-state index in [4.69, 9.17) is 0 Å². The number of carbonyl (C=O) groups is 1. The van der Waals surface area contributed by atoms with E-state index in [9.17, 15) is 4.79 Å². The van der Waals surface area contributed by atoms with E-state index in [1.54, 1.807) is 18.6 Å². The number of ketones is 1. The standard InChI is InChI=1S/C18H12N2O/c21-18(16-10-20-17-11-19-9-8-14(16)17)15-7-3-5-12-4-1-2-6-13(12)15/h1-11,20H. The molecule has 0 radical (unpaired) electrons. The number of aromatic nitrogens is 2. The predicted octanol–water partition coefficient (Wildman–Crippen LogP) is 3.95. The van der Waals surface area contributed by atoms with Gasteiger partial charge in [-0.25, -0.2) is 0 Å². The minimum absolute atomic E-state index is 0.0317. The summed E-state index contributed by atoms with van der Waals surface area (Å²) in [6.45, 7) is 0. The molecule has 4 rings (SSSR count). The Morgan fingerprint density at radius 1 is 0.905 bits per heavy atom. The molecule has 0 saturated heterocycles. The van der Waals surface area contributed by atoms with Crippen LogP contribution in [0.5, 0.6) is 0 Å². The Labute approximate surface area is 121 Å². The van der Waals surface area contributed by atoms with E-state index in [2.05, 4.69) is 9.97 Å². The van der Waals surface area contributed by atoms with Gasteiger partial charge in [-0.2, -0.15) is 0 Å². The van der Waals surface area contributed by atoms with Gasteiger partial charge >= 0.3 is 0 Å². The van der Waals surface area contributed by atoms with Crippen LogP contribution in [-0.2, 0) is 0 Å². The Balaban J connectivity index is 1.95. The van der Waals surface area contributed by atoms with Crippen LogP contribution in [0, 0.1) is 0 Å². The molecule has 0 atom stereocenters. The highest BCUT2D eigenvalue weighted by Crippen LogP contribution is 2.25. The Morgan fingerprint density at radius 3 is 2.71 bits per heavy atom. The fraction of sp³-hybridized carbons (Fsp3) is 0. The van der Waals surface area contributed by atoms with Crippen molar-refractivity contribution in [1.29, 1.82) is 0 Å². The third kappa shape index (κ3) is 1.82. The number of nitrogens with one attached hydrogen (secondary N) is 1. The summed E-state index contributed by atoms with van der Waals surface area (Å²) in [5, 5.41) is 2.96. The van der Waals surface area contributed by atoms with Gasteiger partial charge in [0.2, 0.25) is 0 Å². The lowest BCUT2D eigenvalue weighted by Crippen LogP contribution is -2.01. The Bertz CT molecular complexity index is 964. The van der Waals surface area contributed by atoms with Gasteiger partial charge in [0.15, 0.2) is 5.78 Å². The van der Waals surface area contributed by atoms with Gasteiger partial charge in [0.05, 0.1) is 11.7 Å². The lowest BCUT2D eigenvalue weighted by molar-refractivity contribution is 0.104. The summed E-state index contributed by atoms with van der Waals surface area (Å²) >= 11 is 0. The number of H-pyrrole nitrogens is 1. The number of nitrogens with zero attached hydrogens (tertiary/aromatic N) is 1. The van der Waals surface area contributed by atoms with E-state index in [1.165, 1.54) is 0 Å². The molecule has 0 bridgehead atoms. The third-order valence-corrected chi connectivity index (χ3v) is 3.76. The Morgan fingerprint density at radius 2 is 1.76 bits per heavy atom. The Kier molecular flexibility index (Phi) is 2.57. The molecule has 3 nitrogen and oxygen atoms in total. The molecule has 0 aliphatic heterocycles. The zero-order valence-corrected chi connectivity index (χ0v) is 11.2. The summed E-state index contributed by atoms with van der Waals surface area (Å²) in [5.74, 6) is 0.0317. The van der Waals surface area contributed by atoms with E-state index >= 15 is 0 Å². The monoisotopic (exact) mass is 272 g/mol. The van der Waals surface area contributed by atoms with Crippen molar-refractivity contribution < 1.29 is 4.79 Å². The number of benzene rings is 2. The van der Waals surface area contributed by atoms with Crippen molar-refractivity contribution in [1.82, 2.24) is 9.97 Å². The number of fused-ring (bicyclic) bond motifs is 2. The maximum Gasteiger partial charge on any atom is 0.195 e. The van der Waals surface area contributed by atoms with Gasteiger partial charge in [0, 0.05) is 28.9 Å². The van der Waals surface area contributed by atoms with Crippen molar-refractivity contribution in [3.63, 3.8) is 0 Å². The largest absolute Gasteiger partial charge is 0.359 e. The summed E-state index contributed by atoms with van der Waals surface area (Å²) < 4.78 is 0. The van der Waals surface area contributed by atoms with E-state index in [0.717, 1.165) is 27.2 Å². The van der Waals surface area contributed by atoms with Crippen LogP contribution in [0.4, 0.5) is 0 Å². The summed E-state index contributed by atoms with van der Waals surface area (Å²) in [7, 11) is 0. The molecule has 2 heterocycles.